The summed E-state index contributed by atoms with van der Waals surface area (Å²) >= 11 is 6.66. The molecule has 3 nitrogen and oxygen atoms in total. The quantitative estimate of drug-likeness (QED) is 0.795. The monoisotopic (exact) mass is 383 g/mol. The zero-order chi connectivity index (χ0) is 13.4. The van der Waals surface area contributed by atoms with Gasteiger partial charge in [0.2, 0.25) is 10.0 Å². The third kappa shape index (κ3) is 3.53. The van der Waals surface area contributed by atoms with E-state index in [1.165, 1.54) is 0 Å². The Bertz CT molecular complexity index is 533. The minimum absolute atomic E-state index is 0.147. The molecule has 0 fully saturated rings. The van der Waals surface area contributed by atoms with Crippen LogP contribution in [0.5, 0.6) is 0 Å². The van der Waals surface area contributed by atoms with Gasteiger partial charge in [0.25, 0.3) is 0 Å². The second kappa shape index (κ2) is 4.99. The summed E-state index contributed by atoms with van der Waals surface area (Å²) in [6.07, 6.45) is 0. The van der Waals surface area contributed by atoms with E-state index in [1.807, 2.05) is 26.8 Å². The zero-order valence-electron chi connectivity index (χ0n) is 9.92. The van der Waals surface area contributed by atoms with E-state index in [0.717, 1.165) is 15.6 Å². The first-order valence-electron chi connectivity index (χ1n) is 4.99. The van der Waals surface area contributed by atoms with Gasteiger partial charge in [-0.2, -0.15) is 0 Å². The van der Waals surface area contributed by atoms with Crippen LogP contribution in [0.3, 0.4) is 0 Å². The average molecular weight is 385 g/mol. The predicted molar refractivity (Wildman–Crippen MR) is 76.8 cm³/mol. The summed E-state index contributed by atoms with van der Waals surface area (Å²) in [4.78, 5) is 0.175. The summed E-state index contributed by atoms with van der Waals surface area (Å²) in [5.74, 6) is 0. The lowest BCUT2D eigenvalue weighted by Gasteiger charge is -2.24. The van der Waals surface area contributed by atoms with Gasteiger partial charge in [-0.1, -0.05) is 52.6 Å². The summed E-state index contributed by atoms with van der Waals surface area (Å²) in [6, 6.07) is 3.48. The van der Waals surface area contributed by atoms with Crippen LogP contribution in [0.2, 0.25) is 0 Å². The number of hydrogen-bond donors (Lipinski definition) is 1. The van der Waals surface area contributed by atoms with Crippen LogP contribution < -0.4 is 5.14 Å². The molecule has 0 spiro atoms. The van der Waals surface area contributed by atoms with Crippen LogP contribution in [-0.4, -0.2) is 8.42 Å². The lowest BCUT2D eigenvalue weighted by atomic mass is 9.84. The molecule has 1 aromatic rings. The van der Waals surface area contributed by atoms with Crippen LogP contribution in [0.15, 0.2) is 21.5 Å². The summed E-state index contributed by atoms with van der Waals surface area (Å²) in [5.41, 5.74) is 1.54. The molecule has 96 valence electrons. The highest BCUT2D eigenvalue weighted by Gasteiger charge is 2.24. The van der Waals surface area contributed by atoms with Crippen molar-refractivity contribution in [1.29, 1.82) is 0 Å². The van der Waals surface area contributed by atoms with Gasteiger partial charge in [0.1, 0.15) is 0 Å². The third-order valence-electron chi connectivity index (χ3n) is 2.42. The fraction of sp³-hybridized carbons (Fsp3) is 0.455. The lowest BCUT2D eigenvalue weighted by molar-refractivity contribution is 0.578. The molecule has 0 radical (unpaired) electrons. The SMILES string of the molecule is CC(C)(C)c1cc(Br)cc(S(N)(=O)=O)c1CBr. The van der Waals surface area contributed by atoms with E-state index in [4.69, 9.17) is 5.14 Å². The average Bonchev–Trinajstić information content (AvgIpc) is 2.13. The number of rotatable bonds is 2. The third-order valence-corrected chi connectivity index (χ3v) is 4.42. The second-order valence-electron chi connectivity index (χ2n) is 4.86. The van der Waals surface area contributed by atoms with Crippen molar-refractivity contribution in [2.24, 2.45) is 5.14 Å². The Morgan fingerprint density at radius 2 is 1.82 bits per heavy atom. The Balaban J connectivity index is 3.70. The second-order valence-corrected chi connectivity index (χ2v) is 7.86. The molecule has 0 heterocycles. The molecule has 0 saturated carbocycles. The summed E-state index contributed by atoms with van der Waals surface area (Å²) in [6.45, 7) is 6.11. The van der Waals surface area contributed by atoms with Crippen molar-refractivity contribution in [3.63, 3.8) is 0 Å². The van der Waals surface area contributed by atoms with Gasteiger partial charge in [0.05, 0.1) is 4.90 Å². The molecule has 0 atom stereocenters. The van der Waals surface area contributed by atoms with Gasteiger partial charge < -0.3 is 0 Å². The Morgan fingerprint density at radius 1 is 1.29 bits per heavy atom. The molecule has 0 bridgehead atoms. The fourth-order valence-electron chi connectivity index (χ4n) is 1.67. The van der Waals surface area contributed by atoms with Crippen molar-refractivity contribution in [3.8, 4) is 0 Å². The number of alkyl halides is 1. The number of sulfonamides is 1. The first kappa shape index (κ1) is 15.1. The van der Waals surface area contributed by atoms with E-state index < -0.39 is 10.0 Å². The standard InChI is InChI=1S/C11H15Br2NO2S/c1-11(2,3)9-4-7(13)5-10(8(9)6-12)17(14,15)16/h4-5H,6H2,1-3H3,(H2,14,15,16). The number of benzene rings is 1. The number of halogens is 2. The van der Waals surface area contributed by atoms with Crippen LogP contribution in [0.4, 0.5) is 0 Å². The normalized spacial score (nSPS) is 12.8. The summed E-state index contributed by atoms with van der Waals surface area (Å²) in [7, 11) is -3.71. The smallest absolute Gasteiger partial charge is 0.225 e. The largest absolute Gasteiger partial charge is 0.238 e. The molecule has 6 heteroatoms. The Morgan fingerprint density at radius 3 is 2.18 bits per heavy atom. The van der Waals surface area contributed by atoms with Crippen LogP contribution in [0.1, 0.15) is 31.9 Å². The van der Waals surface area contributed by atoms with Gasteiger partial charge in [0, 0.05) is 9.80 Å². The maximum Gasteiger partial charge on any atom is 0.238 e. The van der Waals surface area contributed by atoms with Crippen LogP contribution in [-0.2, 0) is 20.8 Å². The molecular weight excluding hydrogens is 370 g/mol. The predicted octanol–water partition coefficient (Wildman–Crippen LogP) is 3.29. The molecule has 17 heavy (non-hydrogen) atoms. The van der Waals surface area contributed by atoms with Crippen molar-refractivity contribution in [1.82, 2.24) is 0 Å². The molecule has 0 aliphatic carbocycles. The minimum Gasteiger partial charge on any atom is -0.225 e. The first-order chi connectivity index (χ1) is 7.57. The van der Waals surface area contributed by atoms with Crippen LogP contribution in [0.25, 0.3) is 0 Å². The molecular formula is C11H15Br2NO2S. The summed E-state index contributed by atoms with van der Waals surface area (Å²) < 4.78 is 23.9. The zero-order valence-corrected chi connectivity index (χ0v) is 13.9. The van der Waals surface area contributed by atoms with Crippen molar-refractivity contribution in [2.45, 2.75) is 36.4 Å². The molecule has 2 N–H and O–H groups in total. The first-order valence-corrected chi connectivity index (χ1v) is 8.45. The van der Waals surface area contributed by atoms with Crippen LogP contribution >= 0.6 is 31.9 Å². The maximum atomic E-state index is 11.6. The highest BCUT2D eigenvalue weighted by molar-refractivity contribution is 9.10. The molecule has 0 unspecified atom stereocenters. The van der Waals surface area contributed by atoms with E-state index in [2.05, 4.69) is 31.9 Å². The Hall–Kier alpha value is 0.0900. The van der Waals surface area contributed by atoms with Gasteiger partial charge in [-0.25, -0.2) is 13.6 Å². The van der Waals surface area contributed by atoms with E-state index >= 15 is 0 Å². The van der Waals surface area contributed by atoms with Crippen molar-refractivity contribution >= 4 is 41.9 Å². The van der Waals surface area contributed by atoms with Crippen LogP contribution in [0, 0.1) is 0 Å². The molecule has 1 aromatic carbocycles. The van der Waals surface area contributed by atoms with Gasteiger partial charge in [-0.15, -0.1) is 0 Å². The van der Waals surface area contributed by atoms with E-state index in [1.54, 1.807) is 6.07 Å². The highest BCUT2D eigenvalue weighted by atomic mass is 79.9. The Kier molecular flexibility index (Phi) is 4.45. The van der Waals surface area contributed by atoms with E-state index in [9.17, 15) is 8.42 Å². The van der Waals surface area contributed by atoms with Gasteiger partial charge >= 0.3 is 0 Å². The molecule has 0 aliphatic heterocycles. The van der Waals surface area contributed by atoms with Crippen molar-refractivity contribution < 1.29 is 8.42 Å². The van der Waals surface area contributed by atoms with Gasteiger partial charge in [0.15, 0.2) is 0 Å². The van der Waals surface area contributed by atoms with Crippen molar-refractivity contribution in [2.75, 3.05) is 0 Å². The molecule has 0 saturated heterocycles. The minimum atomic E-state index is -3.71. The number of nitrogens with two attached hydrogens (primary N) is 1. The molecule has 0 amide bonds. The lowest BCUT2D eigenvalue weighted by Crippen LogP contribution is -2.20. The van der Waals surface area contributed by atoms with Crippen molar-refractivity contribution in [3.05, 3.63) is 27.7 Å². The highest BCUT2D eigenvalue weighted by Crippen LogP contribution is 2.34. The van der Waals surface area contributed by atoms with Gasteiger partial charge in [-0.3, -0.25) is 0 Å². The fourth-order valence-corrected chi connectivity index (χ4v) is 3.89. The van der Waals surface area contributed by atoms with E-state index in [0.29, 0.717) is 5.33 Å². The topological polar surface area (TPSA) is 60.2 Å². The Labute approximate surface area is 119 Å². The number of primary sulfonamides is 1. The molecule has 0 aromatic heterocycles. The molecule has 0 aliphatic rings. The number of hydrogen-bond acceptors (Lipinski definition) is 2. The van der Waals surface area contributed by atoms with Gasteiger partial charge in [-0.05, 0) is 28.7 Å². The maximum absolute atomic E-state index is 11.6. The van der Waals surface area contributed by atoms with E-state index in [-0.39, 0.29) is 10.3 Å². The summed E-state index contributed by atoms with van der Waals surface area (Å²) in [5, 5.41) is 5.70. The molecule has 1 rings (SSSR count).